The van der Waals surface area contributed by atoms with Crippen LogP contribution in [0.5, 0.6) is 5.88 Å². The van der Waals surface area contributed by atoms with Gasteiger partial charge in [-0.05, 0) is 38.7 Å². The van der Waals surface area contributed by atoms with Gasteiger partial charge in [0.2, 0.25) is 5.88 Å². The summed E-state index contributed by atoms with van der Waals surface area (Å²) >= 11 is 1.91. The molecule has 0 unspecified atom stereocenters. The summed E-state index contributed by atoms with van der Waals surface area (Å²) in [4.78, 5) is 8.37. The van der Waals surface area contributed by atoms with E-state index in [1.807, 2.05) is 25.6 Å². The molecule has 18 heavy (non-hydrogen) atoms. The van der Waals surface area contributed by atoms with E-state index in [4.69, 9.17) is 4.74 Å². The highest BCUT2D eigenvalue weighted by Gasteiger charge is 2.06. The first-order valence-corrected chi connectivity index (χ1v) is 7.86. The van der Waals surface area contributed by atoms with Crippen molar-refractivity contribution in [1.29, 1.82) is 0 Å². The van der Waals surface area contributed by atoms with Crippen molar-refractivity contribution in [3.63, 3.8) is 0 Å². The fourth-order valence-electron chi connectivity index (χ4n) is 1.65. The lowest BCUT2D eigenvalue weighted by Crippen LogP contribution is -2.07. The van der Waals surface area contributed by atoms with Crippen molar-refractivity contribution >= 4 is 17.6 Å². The summed E-state index contributed by atoms with van der Waals surface area (Å²) in [6.07, 6.45) is 7.42. The minimum Gasteiger partial charge on any atom is -0.478 e. The van der Waals surface area contributed by atoms with E-state index in [9.17, 15) is 0 Å². The Labute approximate surface area is 114 Å². The van der Waals surface area contributed by atoms with Crippen LogP contribution in [0.3, 0.4) is 0 Å². The first-order valence-electron chi connectivity index (χ1n) is 6.46. The summed E-state index contributed by atoms with van der Waals surface area (Å²) in [7, 11) is 0. The summed E-state index contributed by atoms with van der Waals surface area (Å²) < 4.78 is 5.44. The molecule has 0 saturated carbocycles. The van der Waals surface area contributed by atoms with Crippen molar-refractivity contribution in [1.82, 2.24) is 9.97 Å². The van der Waals surface area contributed by atoms with Crippen LogP contribution in [0.4, 0.5) is 5.82 Å². The molecule has 0 aliphatic carbocycles. The first-order chi connectivity index (χ1) is 8.79. The average molecular weight is 269 g/mol. The molecule has 0 fully saturated rings. The number of nitrogens with zero attached hydrogens (tertiary/aromatic N) is 2. The van der Waals surface area contributed by atoms with E-state index in [0.29, 0.717) is 12.5 Å². The molecule has 4 nitrogen and oxygen atoms in total. The topological polar surface area (TPSA) is 47.0 Å². The van der Waals surface area contributed by atoms with Crippen molar-refractivity contribution in [2.75, 3.05) is 30.5 Å². The van der Waals surface area contributed by atoms with Crippen LogP contribution in [0.1, 0.15) is 31.7 Å². The van der Waals surface area contributed by atoms with Crippen LogP contribution in [-0.2, 0) is 0 Å². The lowest BCUT2D eigenvalue weighted by molar-refractivity contribution is 0.324. The maximum absolute atomic E-state index is 5.44. The van der Waals surface area contributed by atoms with Gasteiger partial charge in [-0.1, -0.05) is 6.42 Å². The number of nitrogens with one attached hydrogen (secondary N) is 1. The Balaban J connectivity index is 2.35. The summed E-state index contributed by atoms with van der Waals surface area (Å²) in [5, 5.41) is 3.35. The Bertz CT molecular complexity index is 347. The number of aromatic nitrogens is 2. The van der Waals surface area contributed by atoms with Crippen LogP contribution in [-0.4, -0.2) is 35.1 Å². The Morgan fingerprint density at radius 3 is 2.83 bits per heavy atom. The highest BCUT2D eigenvalue weighted by atomic mass is 32.2. The molecule has 0 bridgehead atoms. The number of unbranched alkanes of at least 4 members (excludes halogenated alkanes) is 2. The number of ether oxygens (including phenoxy) is 1. The normalized spacial score (nSPS) is 10.4. The van der Waals surface area contributed by atoms with Crippen LogP contribution < -0.4 is 10.1 Å². The highest BCUT2D eigenvalue weighted by molar-refractivity contribution is 7.98. The van der Waals surface area contributed by atoms with Gasteiger partial charge in [-0.25, -0.2) is 9.97 Å². The Morgan fingerprint density at radius 1 is 1.28 bits per heavy atom. The zero-order chi connectivity index (χ0) is 13.2. The standard InChI is InChI=1S/C13H23N3OS/c1-4-17-13-11(2)12(15-10-16-13)14-8-6-5-7-9-18-3/h10H,4-9H2,1-3H3,(H,14,15,16). The second-order valence-corrected chi connectivity index (χ2v) is 5.05. The van der Waals surface area contributed by atoms with Crippen molar-refractivity contribution in [2.24, 2.45) is 0 Å². The third-order valence-electron chi connectivity index (χ3n) is 2.64. The lowest BCUT2D eigenvalue weighted by atomic mass is 10.2. The highest BCUT2D eigenvalue weighted by Crippen LogP contribution is 2.20. The van der Waals surface area contributed by atoms with Crippen LogP contribution in [0.2, 0.25) is 0 Å². The SMILES string of the molecule is CCOc1ncnc(NCCCCCSC)c1C. The molecule has 0 aromatic carbocycles. The predicted molar refractivity (Wildman–Crippen MR) is 78.7 cm³/mol. The Morgan fingerprint density at radius 2 is 2.11 bits per heavy atom. The average Bonchev–Trinajstić information content (AvgIpc) is 2.38. The van der Waals surface area contributed by atoms with Gasteiger partial charge in [0.25, 0.3) is 0 Å². The number of hydrogen-bond acceptors (Lipinski definition) is 5. The van der Waals surface area contributed by atoms with E-state index >= 15 is 0 Å². The molecule has 0 aliphatic rings. The molecule has 1 heterocycles. The smallest absolute Gasteiger partial charge is 0.221 e. The predicted octanol–water partition coefficient (Wildman–Crippen LogP) is 3.13. The Kier molecular flexibility index (Phi) is 7.57. The third kappa shape index (κ3) is 5.12. The molecule has 1 aromatic rings. The van der Waals surface area contributed by atoms with Crippen LogP contribution >= 0.6 is 11.8 Å². The molecule has 1 aromatic heterocycles. The molecule has 0 aliphatic heterocycles. The van der Waals surface area contributed by atoms with Crippen LogP contribution in [0, 0.1) is 6.92 Å². The molecule has 5 heteroatoms. The summed E-state index contributed by atoms with van der Waals surface area (Å²) in [6.45, 7) is 5.53. The van der Waals surface area contributed by atoms with E-state index in [-0.39, 0.29) is 0 Å². The van der Waals surface area contributed by atoms with Gasteiger partial charge in [0.05, 0.1) is 12.2 Å². The second-order valence-electron chi connectivity index (χ2n) is 4.07. The van der Waals surface area contributed by atoms with Crippen molar-refractivity contribution in [3.8, 4) is 5.88 Å². The van der Waals surface area contributed by atoms with E-state index in [0.717, 1.165) is 17.9 Å². The quantitative estimate of drug-likeness (QED) is 0.698. The lowest BCUT2D eigenvalue weighted by Gasteiger charge is -2.11. The second kappa shape index (κ2) is 9.03. The molecular weight excluding hydrogens is 246 g/mol. The molecule has 1 rings (SSSR count). The molecule has 0 radical (unpaired) electrons. The van der Waals surface area contributed by atoms with E-state index in [1.54, 1.807) is 6.33 Å². The van der Waals surface area contributed by atoms with Crippen molar-refractivity contribution in [3.05, 3.63) is 11.9 Å². The molecule has 0 amide bonds. The Hall–Kier alpha value is -0.970. The summed E-state index contributed by atoms with van der Waals surface area (Å²) in [6, 6.07) is 0. The van der Waals surface area contributed by atoms with Gasteiger partial charge >= 0.3 is 0 Å². The molecule has 0 atom stereocenters. The monoisotopic (exact) mass is 269 g/mol. The van der Waals surface area contributed by atoms with Crippen LogP contribution in [0.25, 0.3) is 0 Å². The third-order valence-corrected chi connectivity index (χ3v) is 3.33. The van der Waals surface area contributed by atoms with Gasteiger partial charge < -0.3 is 10.1 Å². The molecule has 102 valence electrons. The molecule has 1 N–H and O–H groups in total. The fourth-order valence-corrected chi connectivity index (χ4v) is 2.14. The van der Waals surface area contributed by atoms with Gasteiger partial charge in [0.15, 0.2) is 0 Å². The van der Waals surface area contributed by atoms with Gasteiger partial charge in [-0.15, -0.1) is 0 Å². The molecule has 0 saturated heterocycles. The maximum atomic E-state index is 5.44. The maximum Gasteiger partial charge on any atom is 0.221 e. The number of anilines is 1. The van der Waals surface area contributed by atoms with E-state index in [2.05, 4.69) is 21.5 Å². The molecular formula is C13H23N3OS. The van der Waals surface area contributed by atoms with E-state index < -0.39 is 0 Å². The summed E-state index contributed by atoms with van der Waals surface area (Å²) in [5.41, 5.74) is 0.989. The zero-order valence-electron chi connectivity index (χ0n) is 11.5. The first kappa shape index (κ1) is 15.1. The number of thioether (sulfide) groups is 1. The van der Waals surface area contributed by atoms with Gasteiger partial charge in [0.1, 0.15) is 12.1 Å². The minimum atomic E-state index is 0.631. The van der Waals surface area contributed by atoms with Gasteiger partial charge in [-0.2, -0.15) is 11.8 Å². The van der Waals surface area contributed by atoms with Crippen molar-refractivity contribution < 1.29 is 4.74 Å². The zero-order valence-corrected chi connectivity index (χ0v) is 12.3. The van der Waals surface area contributed by atoms with Gasteiger partial charge in [0, 0.05) is 6.54 Å². The number of hydrogen-bond donors (Lipinski definition) is 1. The fraction of sp³-hybridized carbons (Fsp3) is 0.692. The van der Waals surface area contributed by atoms with E-state index in [1.165, 1.54) is 25.0 Å². The van der Waals surface area contributed by atoms with Crippen LogP contribution in [0.15, 0.2) is 6.33 Å². The minimum absolute atomic E-state index is 0.631. The molecule has 0 spiro atoms. The van der Waals surface area contributed by atoms with Crippen molar-refractivity contribution in [2.45, 2.75) is 33.1 Å². The largest absolute Gasteiger partial charge is 0.478 e. The summed E-state index contributed by atoms with van der Waals surface area (Å²) in [5.74, 6) is 2.82. The van der Waals surface area contributed by atoms with Gasteiger partial charge in [-0.3, -0.25) is 0 Å². The number of rotatable bonds is 9.